The van der Waals surface area contributed by atoms with E-state index < -0.39 is 0 Å². The van der Waals surface area contributed by atoms with Crippen LogP contribution in [-0.4, -0.2) is 13.1 Å². The van der Waals surface area contributed by atoms with Crippen molar-refractivity contribution in [3.05, 3.63) is 89.0 Å². The summed E-state index contributed by atoms with van der Waals surface area (Å²) in [6, 6.07) is 23.8. The molecule has 0 N–H and O–H groups in total. The molecule has 0 saturated heterocycles. The van der Waals surface area contributed by atoms with Gasteiger partial charge in [0.05, 0.1) is 0 Å². The summed E-state index contributed by atoms with van der Waals surface area (Å²) in [7, 11) is 0.665. The van der Waals surface area contributed by atoms with E-state index in [-0.39, 0.29) is 5.16 Å². The quantitative estimate of drug-likeness (QED) is 0.301. The summed E-state index contributed by atoms with van der Waals surface area (Å²) in [4.78, 5) is 2.48. The van der Waals surface area contributed by atoms with Gasteiger partial charge in [-0.15, -0.1) is 0 Å². The zero-order chi connectivity index (χ0) is 23.1. The van der Waals surface area contributed by atoms with Gasteiger partial charge in [-0.2, -0.15) is 0 Å². The van der Waals surface area contributed by atoms with E-state index in [1.54, 1.807) is 0 Å². The molecule has 0 saturated carbocycles. The summed E-state index contributed by atoms with van der Waals surface area (Å²) in [5.74, 6) is 1.01. The first-order chi connectivity index (χ1) is 15.4. The average molecular weight is 448 g/mol. The maximum absolute atomic E-state index is 6.41. The lowest BCUT2D eigenvalue weighted by molar-refractivity contribution is 0.299. The first kappa shape index (κ1) is 24.3. The van der Waals surface area contributed by atoms with Crippen LogP contribution in [0.2, 0.25) is 0 Å². The van der Waals surface area contributed by atoms with E-state index in [1.165, 1.54) is 33.2 Å². The van der Waals surface area contributed by atoms with Crippen LogP contribution in [0.15, 0.2) is 66.7 Å². The zero-order valence-electron chi connectivity index (χ0n) is 20.5. The highest BCUT2D eigenvalue weighted by Gasteiger charge is 2.31. The van der Waals surface area contributed by atoms with Crippen LogP contribution in [0.5, 0.6) is 5.75 Å². The van der Waals surface area contributed by atoms with Crippen molar-refractivity contribution in [2.45, 2.75) is 59.7 Å². The monoisotopic (exact) mass is 447 g/mol. The van der Waals surface area contributed by atoms with Crippen LogP contribution in [0, 0.1) is 13.8 Å². The number of aryl methyl sites for hydroxylation is 2. The van der Waals surface area contributed by atoms with Gasteiger partial charge in [0.2, 0.25) is 0 Å². The highest BCUT2D eigenvalue weighted by atomic mass is 31.1. The maximum Gasteiger partial charge on any atom is 0.123 e. The second-order valence-electron chi connectivity index (χ2n) is 8.73. The van der Waals surface area contributed by atoms with Crippen molar-refractivity contribution in [3.8, 4) is 5.75 Å². The Hall–Kier alpha value is -2.31. The van der Waals surface area contributed by atoms with Gasteiger partial charge in [0.1, 0.15) is 12.4 Å². The standard InChI is InChI=1S/C29H38NOP/c1-7-29(6,32-28-23(5)14-13-17-26(28)30(8-2)9-3)25-20-22(4)18-19-27(25)31-21-24-15-11-10-12-16-24/h10-20,32H,7-9,21H2,1-6H3. The summed E-state index contributed by atoms with van der Waals surface area (Å²) < 4.78 is 6.41. The van der Waals surface area contributed by atoms with E-state index in [0.717, 1.165) is 25.3 Å². The molecular weight excluding hydrogens is 409 g/mol. The number of hydrogen-bond acceptors (Lipinski definition) is 2. The number of nitrogens with zero attached hydrogens (tertiary/aromatic N) is 1. The Kier molecular flexibility index (Phi) is 8.38. The molecule has 3 rings (SSSR count). The molecule has 0 aliphatic rings. The number of rotatable bonds is 10. The van der Waals surface area contributed by atoms with Crippen LogP contribution in [-0.2, 0) is 11.8 Å². The van der Waals surface area contributed by atoms with E-state index in [0.29, 0.717) is 15.2 Å². The minimum atomic E-state index is 0.00601. The number of ether oxygens (including phenoxy) is 1. The van der Waals surface area contributed by atoms with Crippen molar-refractivity contribution in [1.82, 2.24) is 0 Å². The van der Waals surface area contributed by atoms with Crippen LogP contribution < -0.4 is 14.9 Å². The summed E-state index contributed by atoms with van der Waals surface area (Å²) >= 11 is 0. The van der Waals surface area contributed by atoms with Crippen molar-refractivity contribution in [2.75, 3.05) is 18.0 Å². The lowest BCUT2D eigenvalue weighted by Gasteiger charge is -2.34. The molecule has 3 aromatic carbocycles. The van der Waals surface area contributed by atoms with Gasteiger partial charge in [-0.25, -0.2) is 0 Å². The molecule has 3 aromatic rings. The Bertz CT molecular complexity index is 1010. The van der Waals surface area contributed by atoms with Crippen LogP contribution in [0.3, 0.4) is 0 Å². The van der Waals surface area contributed by atoms with Crippen molar-refractivity contribution in [2.24, 2.45) is 0 Å². The molecule has 0 aromatic heterocycles. The third-order valence-electron chi connectivity index (χ3n) is 6.43. The van der Waals surface area contributed by atoms with Crippen LogP contribution in [0.4, 0.5) is 5.69 Å². The van der Waals surface area contributed by atoms with Gasteiger partial charge >= 0.3 is 0 Å². The lowest BCUT2D eigenvalue weighted by Crippen LogP contribution is -2.29. The molecule has 2 atom stereocenters. The van der Waals surface area contributed by atoms with Gasteiger partial charge < -0.3 is 9.64 Å². The predicted molar refractivity (Wildman–Crippen MR) is 142 cm³/mol. The maximum atomic E-state index is 6.41. The smallest absolute Gasteiger partial charge is 0.123 e. The summed E-state index contributed by atoms with van der Waals surface area (Å²) in [6.45, 7) is 16.3. The molecule has 170 valence electrons. The second-order valence-corrected chi connectivity index (χ2v) is 10.6. The van der Waals surface area contributed by atoms with E-state index in [4.69, 9.17) is 4.74 Å². The first-order valence-electron chi connectivity index (χ1n) is 11.8. The fourth-order valence-electron chi connectivity index (χ4n) is 4.20. The Labute approximate surface area is 196 Å². The lowest BCUT2D eigenvalue weighted by atomic mass is 9.95. The summed E-state index contributed by atoms with van der Waals surface area (Å²) in [5.41, 5.74) is 6.56. The van der Waals surface area contributed by atoms with Crippen LogP contribution in [0.1, 0.15) is 56.4 Å². The fraction of sp³-hybridized carbons (Fsp3) is 0.379. The summed E-state index contributed by atoms with van der Waals surface area (Å²) in [6.07, 6.45) is 1.06. The Morgan fingerprint density at radius 3 is 2.25 bits per heavy atom. The minimum absolute atomic E-state index is 0.00601. The molecular formula is C29H38NOP. The molecule has 0 aliphatic heterocycles. The third kappa shape index (κ3) is 5.54. The molecule has 0 bridgehead atoms. The molecule has 2 unspecified atom stereocenters. The van der Waals surface area contributed by atoms with Gasteiger partial charge in [-0.3, -0.25) is 0 Å². The topological polar surface area (TPSA) is 12.5 Å². The molecule has 0 amide bonds. The number of hydrogen-bond donors (Lipinski definition) is 0. The Morgan fingerprint density at radius 2 is 1.59 bits per heavy atom. The van der Waals surface area contributed by atoms with Crippen molar-refractivity contribution in [3.63, 3.8) is 0 Å². The van der Waals surface area contributed by atoms with E-state index in [1.807, 2.05) is 6.07 Å². The van der Waals surface area contributed by atoms with E-state index in [9.17, 15) is 0 Å². The average Bonchev–Trinajstić information content (AvgIpc) is 2.81. The van der Waals surface area contributed by atoms with E-state index >= 15 is 0 Å². The zero-order valence-corrected chi connectivity index (χ0v) is 21.5. The Morgan fingerprint density at radius 1 is 0.875 bits per heavy atom. The first-order valence-corrected chi connectivity index (χ1v) is 12.8. The predicted octanol–water partition coefficient (Wildman–Crippen LogP) is 7.36. The van der Waals surface area contributed by atoms with Crippen molar-refractivity contribution >= 4 is 19.6 Å². The van der Waals surface area contributed by atoms with Gasteiger partial charge in [0.25, 0.3) is 0 Å². The molecule has 0 heterocycles. The Balaban J connectivity index is 2.00. The van der Waals surface area contributed by atoms with Gasteiger partial charge in [-0.05, 0) is 62.7 Å². The molecule has 0 spiro atoms. The molecule has 2 nitrogen and oxygen atoms in total. The molecule has 0 radical (unpaired) electrons. The van der Waals surface area contributed by atoms with Crippen LogP contribution >= 0.6 is 8.58 Å². The van der Waals surface area contributed by atoms with Gasteiger partial charge in [0.15, 0.2) is 0 Å². The molecule has 32 heavy (non-hydrogen) atoms. The highest BCUT2D eigenvalue weighted by Crippen LogP contribution is 2.49. The third-order valence-corrected chi connectivity index (χ3v) is 8.50. The normalized spacial score (nSPS) is 13.3. The highest BCUT2D eigenvalue weighted by molar-refractivity contribution is 7.49. The minimum Gasteiger partial charge on any atom is -0.489 e. The van der Waals surface area contributed by atoms with Gasteiger partial charge in [0, 0.05) is 29.5 Å². The number of anilines is 1. The molecule has 3 heteroatoms. The van der Waals surface area contributed by atoms with E-state index in [2.05, 4.69) is 107 Å². The van der Waals surface area contributed by atoms with Crippen molar-refractivity contribution < 1.29 is 4.74 Å². The second kappa shape index (κ2) is 11.0. The molecule has 0 aliphatic carbocycles. The largest absolute Gasteiger partial charge is 0.489 e. The number of benzene rings is 3. The fourth-order valence-corrected chi connectivity index (χ4v) is 5.91. The van der Waals surface area contributed by atoms with Gasteiger partial charge in [-0.1, -0.05) is 82.6 Å². The molecule has 0 fully saturated rings. The van der Waals surface area contributed by atoms with Crippen LogP contribution in [0.25, 0.3) is 0 Å². The SMILES string of the molecule is CCN(CC)c1cccc(C)c1PC(C)(CC)c1cc(C)ccc1OCc1ccccc1. The summed E-state index contributed by atoms with van der Waals surface area (Å²) in [5, 5.41) is 1.49. The van der Waals surface area contributed by atoms with Crippen molar-refractivity contribution in [1.29, 1.82) is 0 Å².